The summed E-state index contributed by atoms with van der Waals surface area (Å²) in [5.41, 5.74) is 2.09. The van der Waals surface area contributed by atoms with Crippen molar-refractivity contribution >= 4 is 65.1 Å². The molecule has 8 heteroatoms. The molecule has 0 saturated carbocycles. The molecule has 0 saturated heterocycles. The molecule has 0 fully saturated rings. The van der Waals surface area contributed by atoms with Gasteiger partial charge in [0.25, 0.3) is 10.1 Å². The highest BCUT2D eigenvalue weighted by Gasteiger charge is 2.24. The summed E-state index contributed by atoms with van der Waals surface area (Å²) in [5.74, 6) is -0.242. The van der Waals surface area contributed by atoms with E-state index in [2.05, 4.69) is 48.9 Å². The first-order valence-corrected chi connectivity index (χ1v) is 10.8. The molecule has 122 valence electrons. The van der Waals surface area contributed by atoms with Crippen LogP contribution in [0.5, 0.6) is 0 Å². The third kappa shape index (κ3) is 4.11. The maximum Gasteiger partial charge on any atom is 0.264 e. The Labute approximate surface area is 156 Å². The van der Waals surface area contributed by atoms with Crippen molar-refractivity contribution in [3.8, 4) is 0 Å². The van der Waals surface area contributed by atoms with Gasteiger partial charge in [-0.1, -0.05) is 43.6 Å². The highest BCUT2D eigenvalue weighted by Crippen LogP contribution is 2.49. The van der Waals surface area contributed by atoms with Gasteiger partial charge in [0.2, 0.25) is 0 Å². The average molecular weight is 479 g/mol. The fourth-order valence-electron chi connectivity index (χ4n) is 2.48. The summed E-state index contributed by atoms with van der Waals surface area (Å²) in [6.07, 6.45) is 0.356. The van der Waals surface area contributed by atoms with Crippen LogP contribution >= 0.6 is 43.6 Å². The van der Waals surface area contributed by atoms with Crippen LogP contribution in [0.2, 0.25) is 0 Å². The largest absolute Gasteiger partial charge is 0.340 e. The molecular weight excluding hydrogens is 466 g/mol. The van der Waals surface area contributed by atoms with Crippen LogP contribution in [0, 0.1) is 0 Å². The van der Waals surface area contributed by atoms with Gasteiger partial charge in [-0.3, -0.25) is 4.55 Å². The van der Waals surface area contributed by atoms with Gasteiger partial charge < -0.3 is 4.90 Å². The average Bonchev–Trinajstić information content (AvgIpc) is 2.44. The van der Waals surface area contributed by atoms with Gasteiger partial charge in [-0.2, -0.15) is 8.42 Å². The second-order valence-corrected chi connectivity index (χ2v) is 9.60. The zero-order chi connectivity index (χ0) is 16.6. The molecular formula is C15H13Br2NO3S2. The van der Waals surface area contributed by atoms with Crippen molar-refractivity contribution in [1.82, 2.24) is 0 Å². The Morgan fingerprint density at radius 3 is 2.00 bits per heavy atom. The first kappa shape index (κ1) is 17.3. The van der Waals surface area contributed by atoms with Crippen LogP contribution in [0.15, 0.2) is 55.1 Å². The lowest BCUT2D eigenvalue weighted by Crippen LogP contribution is -2.23. The van der Waals surface area contributed by atoms with Gasteiger partial charge in [0.15, 0.2) is 0 Å². The quantitative estimate of drug-likeness (QED) is 0.620. The minimum Gasteiger partial charge on any atom is -0.340 e. The molecule has 2 aromatic carbocycles. The minimum atomic E-state index is -3.94. The Morgan fingerprint density at radius 1 is 1.00 bits per heavy atom. The van der Waals surface area contributed by atoms with E-state index in [1.165, 1.54) is 0 Å². The van der Waals surface area contributed by atoms with Crippen molar-refractivity contribution in [2.45, 2.75) is 16.2 Å². The second kappa shape index (κ2) is 6.76. The fraction of sp³-hybridized carbons (Fsp3) is 0.200. The predicted molar refractivity (Wildman–Crippen MR) is 100 cm³/mol. The standard InChI is InChI=1S/C15H13Br2NO3S2/c16-10-2-4-12-14(8-10)22-15-9-11(17)3-5-13(15)18(12)6-1-7-23(19,20)21/h2-5,8-9H,1,6-7H2,(H,19,20,21). The van der Waals surface area contributed by atoms with Crippen molar-refractivity contribution in [2.24, 2.45) is 0 Å². The van der Waals surface area contributed by atoms with Gasteiger partial charge in [-0.15, -0.1) is 0 Å². The molecule has 0 aliphatic carbocycles. The lowest BCUT2D eigenvalue weighted by Gasteiger charge is -2.33. The summed E-state index contributed by atoms with van der Waals surface area (Å²) in [6, 6.07) is 12.1. The topological polar surface area (TPSA) is 57.6 Å². The van der Waals surface area contributed by atoms with Crippen LogP contribution in [-0.2, 0) is 10.1 Å². The fourth-order valence-corrected chi connectivity index (χ4v) is 5.17. The molecule has 2 aromatic rings. The predicted octanol–water partition coefficient (Wildman–Crippen LogP) is 5.09. The summed E-state index contributed by atoms with van der Waals surface area (Å²) < 4.78 is 32.9. The van der Waals surface area contributed by atoms with Crippen LogP contribution in [-0.4, -0.2) is 25.3 Å². The van der Waals surface area contributed by atoms with Crippen LogP contribution in [0.3, 0.4) is 0 Å². The molecule has 1 aliphatic rings. The molecule has 0 aromatic heterocycles. The highest BCUT2D eigenvalue weighted by atomic mass is 79.9. The highest BCUT2D eigenvalue weighted by molar-refractivity contribution is 9.10. The Kier molecular flexibility index (Phi) is 5.08. The third-order valence-corrected chi connectivity index (χ3v) is 6.31. The van der Waals surface area contributed by atoms with Crippen molar-refractivity contribution in [3.63, 3.8) is 0 Å². The molecule has 0 atom stereocenters. The van der Waals surface area contributed by atoms with E-state index in [9.17, 15) is 8.42 Å². The van der Waals surface area contributed by atoms with Gasteiger partial charge in [-0.25, -0.2) is 0 Å². The van der Waals surface area contributed by atoms with Crippen molar-refractivity contribution in [2.75, 3.05) is 17.2 Å². The molecule has 4 nitrogen and oxygen atoms in total. The van der Waals surface area contributed by atoms with Crippen molar-refractivity contribution in [3.05, 3.63) is 45.3 Å². The number of halogens is 2. The Bertz CT molecular complexity index is 804. The van der Waals surface area contributed by atoms with Crippen molar-refractivity contribution in [1.29, 1.82) is 0 Å². The summed E-state index contributed by atoms with van der Waals surface area (Å²) in [7, 11) is -3.94. The maximum atomic E-state index is 11.0. The Balaban J connectivity index is 1.97. The number of rotatable bonds is 4. The van der Waals surface area contributed by atoms with Crippen molar-refractivity contribution < 1.29 is 13.0 Å². The first-order valence-electron chi connectivity index (χ1n) is 6.83. The van der Waals surface area contributed by atoms with Gasteiger partial charge in [-0.05, 0) is 42.8 Å². The lowest BCUT2D eigenvalue weighted by molar-refractivity contribution is 0.481. The smallest absolute Gasteiger partial charge is 0.264 e. The maximum absolute atomic E-state index is 11.0. The molecule has 0 amide bonds. The van der Waals surface area contributed by atoms with Crippen LogP contribution in [0.25, 0.3) is 0 Å². The van der Waals surface area contributed by atoms with E-state index in [4.69, 9.17) is 4.55 Å². The number of hydrogen-bond donors (Lipinski definition) is 1. The second-order valence-electron chi connectivity index (χ2n) is 5.12. The van der Waals surface area contributed by atoms with Crippen LogP contribution in [0.4, 0.5) is 11.4 Å². The van der Waals surface area contributed by atoms with Gasteiger partial charge in [0.05, 0.1) is 17.1 Å². The third-order valence-electron chi connectivity index (χ3n) is 3.43. The summed E-state index contributed by atoms with van der Waals surface area (Å²) in [6.45, 7) is 0.517. The van der Waals surface area contributed by atoms with Crippen LogP contribution < -0.4 is 4.90 Å². The first-order chi connectivity index (χ1) is 10.8. The number of nitrogens with zero attached hydrogens (tertiary/aromatic N) is 1. The number of benzene rings is 2. The molecule has 1 aliphatic heterocycles. The number of fused-ring (bicyclic) bond motifs is 2. The number of hydrogen-bond acceptors (Lipinski definition) is 4. The molecule has 0 spiro atoms. The van der Waals surface area contributed by atoms with Crippen LogP contribution in [0.1, 0.15) is 6.42 Å². The molecule has 23 heavy (non-hydrogen) atoms. The summed E-state index contributed by atoms with van der Waals surface area (Å²) >= 11 is 8.66. The van der Waals surface area contributed by atoms with Gasteiger partial charge in [0.1, 0.15) is 0 Å². The van der Waals surface area contributed by atoms with Gasteiger partial charge in [0, 0.05) is 25.3 Å². The molecule has 3 rings (SSSR count). The van der Waals surface area contributed by atoms with E-state index in [0.717, 1.165) is 30.1 Å². The molecule has 0 radical (unpaired) electrons. The molecule has 0 bridgehead atoms. The Hall–Kier alpha value is -0.540. The van der Waals surface area contributed by atoms with Gasteiger partial charge >= 0.3 is 0 Å². The SMILES string of the molecule is O=S(=O)(O)CCCN1c2ccc(Br)cc2Sc2cc(Br)ccc21. The summed E-state index contributed by atoms with van der Waals surface area (Å²) in [5, 5.41) is 0. The zero-order valence-electron chi connectivity index (χ0n) is 11.9. The number of anilines is 2. The molecule has 1 heterocycles. The van der Waals surface area contributed by atoms with E-state index in [1.807, 2.05) is 24.3 Å². The van der Waals surface area contributed by atoms with E-state index in [-0.39, 0.29) is 5.75 Å². The molecule has 1 N–H and O–H groups in total. The van der Waals surface area contributed by atoms with E-state index < -0.39 is 10.1 Å². The van der Waals surface area contributed by atoms with E-state index in [1.54, 1.807) is 11.8 Å². The Morgan fingerprint density at radius 2 is 1.52 bits per heavy atom. The minimum absolute atomic E-state index is 0.242. The lowest BCUT2D eigenvalue weighted by atomic mass is 10.2. The monoisotopic (exact) mass is 477 g/mol. The van der Waals surface area contributed by atoms with E-state index >= 15 is 0 Å². The summed E-state index contributed by atoms with van der Waals surface area (Å²) in [4.78, 5) is 4.32. The zero-order valence-corrected chi connectivity index (χ0v) is 16.7. The van der Waals surface area contributed by atoms with E-state index in [0.29, 0.717) is 13.0 Å². The molecule has 0 unspecified atom stereocenters. The normalized spacial score (nSPS) is 13.6.